The predicted molar refractivity (Wildman–Crippen MR) is 57.5 cm³/mol. The third-order valence-corrected chi connectivity index (χ3v) is 1.76. The average molecular weight is 204 g/mol. The van der Waals surface area contributed by atoms with Gasteiger partial charge in [0.05, 0.1) is 0 Å². The Labute approximate surface area is 88.4 Å². The van der Waals surface area contributed by atoms with E-state index in [0.717, 1.165) is 5.56 Å². The molecule has 0 spiro atoms. The summed E-state index contributed by atoms with van der Waals surface area (Å²) in [6, 6.07) is 7.02. The van der Waals surface area contributed by atoms with Crippen molar-refractivity contribution in [1.82, 2.24) is 0 Å². The zero-order valence-electron chi connectivity index (χ0n) is 8.53. The van der Waals surface area contributed by atoms with Crippen LogP contribution in [-0.2, 0) is 9.59 Å². The molecule has 0 saturated heterocycles. The van der Waals surface area contributed by atoms with Crippen molar-refractivity contribution >= 4 is 17.8 Å². The van der Waals surface area contributed by atoms with Crippen LogP contribution in [0.4, 0.5) is 0 Å². The number of para-hydroxylation sites is 1. The largest absolute Gasteiger partial charge is 0.426 e. The van der Waals surface area contributed by atoms with Crippen LogP contribution in [0.25, 0.3) is 6.08 Å². The van der Waals surface area contributed by atoms with Gasteiger partial charge < -0.3 is 4.74 Å². The Balaban J connectivity index is 2.75. The summed E-state index contributed by atoms with van der Waals surface area (Å²) in [5.74, 6) is -0.327. The molecule has 15 heavy (non-hydrogen) atoms. The Morgan fingerprint density at radius 1 is 1.40 bits per heavy atom. The maximum Gasteiger partial charge on any atom is 0.318 e. The van der Waals surface area contributed by atoms with E-state index in [0.29, 0.717) is 5.75 Å². The second kappa shape index (κ2) is 5.10. The maximum atomic E-state index is 11.2. The number of hydrogen-bond donors (Lipinski definition) is 0. The van der Waals surface area contributed by atoms with Crippen molar-refractivity contribution < 1.29 is 14.3 Å². The van der Waals surface area contributed by atoms with Crippen LogP contribution in [0.2, 0.25) is 0 Å². The SMILES string of the molecule is C=Cc1ccccc1OC(=O)CC(C)=O. The molecule has 0 bridgehead atoms. The fourth-order valence-corrected chi connectivity index (χ4v) is 1.10. The van der Waals surface area contributed by atoms with Crippen molar-refractivity contribution in [3.05, 3.63) is 36.4 Å². The highest BCUT2D eigenvalue weighted by Gasteiger charge is 2.09. The second-order valence-electron chi connectivity index (χ2n) is 3.09. The molecule has 78 valence electrons. The standard InChI is InChI=1S/C12H12O3/c1-3-10-6-4-5-7-11(10)15-12(14)8-9(2)13/h3-7H,1,8H2,2H3. The smallest absolute Gasteiger partial charge is 0.318 e. The van der Waals surface area contributed by atoms with Gasteiger partial charge in [-0.1, -0.05) is 30.9 Å². The molecule has 0 saturated carbocycles. The zero-order valence-corrected chi connectivity index (χ0v) is 8.53. The molecule has 0 atom stereocenters. The van der Waals surface area contributed by atoms with Crippen LogP contribution in [0.5, 0.6) is 5.75 Å². The average Bonchev–Trinajstić information content (AvgIpc) is 2.17. The van der Waals surface area contributed by atoms with Crippen molar-refractivity contribution in [1.29, 1.82) is 0 Å². The molecule has 0 unspecified atom stereocenters. The summed E-state index contributed by atoms with van der Waals surface area (Å²) in [4.78, 5) is 21.9. The molecule has 1 aromatic rings. The maximum absolute atomic E-state index is 11.2. The Morgan fingerprint density at radius 2 is 2.07 bits per heavy atom. The Kier molecular flexibility index (Phi) is 3.80. The number of benzene rings is 1. The van der Waals surface area contributed by atoms with Crippen LogP contribution < -0.4 is 4.74 Å². The first-order chi connectivity index (χ1) is 7.13. The van der Waals surface area contributed by atoms with Crippen LogP contribution in [0.15, 0.2) is 30.8 Å². The number of Topliss-reactive ketones (excluding diaryl/α,β-unsaturated/α-hetero) is 1. The van der Waals surface area contributed by atoms with Gasteiger partial charge in [-0.15, -0.1) is 0 Å². The Morgan fingerprint density at radius 3 is 2.67 bits per heavy atom. The third kappa shape index (κ3) is 3.38. The molecule has 0 fully saturated rings. The van der Waals surface area contributed by atoms with Gasteiger partial charge in [-0.2, -0.15) is 0 Å². The normalized spacial score (nSPS) is 9.40. The van der Waals surface area contributed by atoms with Crippen LogP contribution in [0.3, 0.4) is 0 Å². The first kappa shape index (κ1) is 11.2. The van der Waals surface area contributed by atoms with Crippen molar-refractivity contribution in [3.63, 3.8) is 0 Å². The molecule has 0 N–H and O–H groups in total. The molecule has 0 heterocycles. The van der Waals surface area contributed by atoms with Gasteiger partial charge in [0, 0.05) is 5.56 Å². The molecular weight excluding hydrogens is 192 g/mol. The van der Waals surface area contributed by atoms with E-state index in [9.17, 15) is 9.59 Å². The molecule has 3 nitrogen and oxygen atoms in total. The van der Waals surface area contributed by atoms with Gasteiger partial charge in [0.2, 0.25) is 0 Å². The summed E-state index contributed by atoms with van der Waals surface area (Å²) in [7, 11) is 0. The van der Waals surface area contributed by atoms with Crippen molar-refractivity contribution in [2.75, 3.05) is 0 Å². The summed E-state index contributed by atoms with van der Waals surface area (Å²) in [6.07, 6.45) is 1.39. The van der Waals surface area contributed by atoms with Crippen molar-refractivity contribution in [2.24, 2.45) is 0 Å². The second-order valence-corrected chi connectivity index (χ2v) is 3.09. The highest BCUT2D eigenvalue weighted by molar-refractivity contribution is 5.95. The van der Waals surface area contributed by atoms with Gasteiger partial charge in [0.1, 0.15) is 18.0 Å². The predicted octanol–water partition coefficient (Wildman–Crippen LogP) is 2.21. The molecule has 3 heteroatoms. The first-order valence-corrected chi connectivity index (χ1v) is 4.55. The first-order valence-electron chi connectivity index (χ1n) is 4.55. The van der Waals surface area contributed by atoms with E-state index in [-0.39, 0.29) is 12.2 Å². The quantitative estimate of drug-likeness (QED) is 0.429. The number of hydrogen-bond acceptors (Lipinski definition) is 3. The van der Waals surface area contributed by atoms with E-state index in [1.165, 1.54) is 6.92 Å². The van der Waals surface area contributed by atoms with E-state index in [1.807, 2.05) is 6.07 Å². The number of esters is 1. The Hall–Kier alpha value is -1.90. The van der Waals surface area contributed by atoms with Gasteiger partial charge >= 0.3 is 5.97 Å². The van der Waals surface area contributed by atoms with E-state index < -0.39 is 5.97 Å². The lowest BCUT2D eigenvalue weighted by atomic mass is 10.2. The molecular formula is C12H12O3. The molecule has 0 aromatic heterocycles. The van der Waals surface area contributed by atoms with Gasteiger partial charge in [0.15, 0.2) is 0 Å². The fourth-order valence-electron chi connectivity index (χ4n) is 1.10. The van der Waals surface area contributed by atoms with Gasteiger partial charge in [-0.25, -0.2) is 0 Å². The minimum atomic E-state index is -0.545. The van der Waals surface area contributed by atoms with E-state index in [4.69, 9.17) is 4.74 Å². The molecule has 1 rings (SSSR count). The summed E-state index contributed by atoms with van der Waals surface area (Å²) in [5.41, 5.74) is 0.731. The summed E-state index contributed by atoms with van der Waals surface area (Å²) in [6.45, 7) is 4.95. The van der Waals surface area contributed by atoms with Gasteiger partial charge in [-0.3, -0.25) is 9.59 Å². The zero-order chi connectivity index (χ0) is 11.3. The van der Waals surface area contributed by atoms with Gasteiger partial charge in [-0.05, 0) is 13.0 Å². The minimum Gasteiger partial charge on any atom is -0.426 e. The number of carbonyl (C=O) groups is 2. The van der Waals surface area contributed by atoms with Crippen LogP contribution >= 0.6 is 0 Å². The number of rotatable bonds is 4. The van der Waals surface area contributed by atoms with Crippen molar-refractivity contribution in [3.8, 4) is 5.75 Å². The van der Waals surface area contributed by atoms with E-state index in [2.05, 4.69) is 6.58 Å². The lowest BCUT2D eigenvalue weighted by molar-refractivity contribution is -0.137. The minimum absolute atomic E-state index is 0.203. The van der Waals surface area contributed by atoms with E-state index >= 15 is 0 Å². The molecule has 1 aromatic carbocycles. The van der Waals surface area contributed by atoms with Gasteiger partial charge in [0.25, 0.3) is 0 Å². The lowest BCUT2D eigenvalue weighted by Crippen LogP contribution is -2.12. The van der Waals surface area contributed by atoms with Crippen molar-refractivity contribution in [2.45, 2.75) is 13.3 Å². The third-order valence-electron chi connectivity index (χ3n) is 1.76. The molecule has 0 radical (unpaired) electrons. The highest BCUT2D eigenvalue weighted by atomic mass is 16.5. The summed E-state index contributed by atoms with van der Waals surface area (Å²) in [5, 5.41) is 0. The molecule has 0 amide bonds. The highest BCUT2D eigenvalue weighted by Crippen LogP contribution is 2.19. The summed E-state index contributed by atoms with van der Waals surface area (Å²) >= 11 is 0. The van der Waals surface area contributed by atoms with Crippen LogP contribution in [0.1, 0.15) is 18.9 Å². The fraction of sp³-hybridized carbons (Fsp3) is 0.167. The number of ketones is 1. The molecule has 0 aliphatic heterocycles. The topological polar surface area (TPSA) is 43.4 Å². The van der Waals surface area contributed by atoms with Crippen LogP contribution in [-0.4, -0.2) is 11.8 Å². The molecule has 0 aliphatic carbocycles. The number of ether oxygens (including phenoxy) is 1. The molecule has 0 aliphatic rings. The summed E-state index contributed by atoms with van der Waals surface area (Å²) < 4.78 is 5.02. The monoisotopic (exact) mass is 204 g/mol. The lowest BCUT2D eigenvalue weighted by Gasteiger charge is -2.05. The Bertz CT molecular complexity index is 394. The van der Waals surface area contributed by atoms with Crippen LogP contribution in [0, 0.1) is 0 Å². The van der Waals surface area contributed by atoms with E-state index in [1.54, 1.807) is 24.3 Å². The number of carbonyl (C=O) groups excluding carboxylic acids is 2.